The maximum absolute atomic E-state index is 4.67. The highest BCUT2D eigenvalue weighted by Gasteiger charge is 2.28. The van der Waals surface area contributed by atoms with Gasteiger partial charge in [-0.3, -0.25) is 4.90 Å². The van der Waals surface area contributed by atoms with Gasteiger partial charge >= 0.3 is 0 Å². The first-order valence-electron chi connectivity index (χ1n) is 9.54. The van der Waals surface area contributed by atoms with Crippen LogP contribution in [-0.2, 0) is 0 Å². The van der Waals surface area contributed by atoms with Crippen LogP contribution in [0.1, 0.15) is 0 Å². The van der Waals surface area contributed by atoms with E-state index < -0.39 is 0 Å². The third-order valence-corrected chi connectivity index (χ3v) is 5.37. The minimum absolute atomic E-state index is 0.855. The molecule has 0 N–H and O–H groups in total. The number of aromatic nitrogens is 3. The lowest BCUT2D eigenvalue weighted by atomic mass is 9.91. The average Bonchev–Trinajstić information content (AvgIpc) is 2.80. The second-order valence-corrected chi connectivity index (χ2v) is 7.05. The first kappa shape index (κ1) is 16.0. The molecular weight excluding hydrogens is 356 g/mol. The second kappa shape index (κ2) is 6.24. The summed E-state index contributed by atoms with van der Waals surface area (Å²) in [5.74, 6) is 0.855. The zero-order valence-electron chi connectivity index (χ0n) is 15.5. The lowest BCUT2D eigenvalue weighted by Crippen LogP contribution is -2.17. The molecule has 5 aromatic rings. The van der Waals surface area contributed by atoms with Gasteiger partial charge in [-0.15, -0.1) is 0 Å². The van der Waals surface area contributed by atoms with Gasteiger partial charge in [0.15, 0.2) is 0 Å². The summed E-state index contributed by atoms with van der Waals surface area (Å²) in [4.78, 5) is 15.7. The van der Waals surface area contributed by atoms with Crippen LogP contribution in [0.5, 0.6) is 0 Å². The molecular formula is C25H16N4. The Bertz CT molecular complexity index is 1350. The van der Waals surface area contributed by atoms with E-state index in [1.165, 1.54) is 21.9 Å². The van der Waals surface area contributed by atoms with Crippen molar-refractivity contribution in [3.8, 4) is 22.4 Å². The van der Waals surface area contributed by atoms with E-state index in [4.69, 9.17) is 0 Å². The third-order valence-electron chi connectivity index (χ3n) is 5.37. The highest BCUT2D eigenvalue weighted by molar-refractivity contribution is 6.13. The summed E-state index contributed by atoms with van der Waals surface area (Å²) in [6.07, 6.45) is 5.30. The first-order chi connectivity index (χ1) is 14.4. The number of pyridine rings is 1. The smallest absolute Gasteiger partial charge is 0.137 e. The van der Waals surface area contributed by atoms with Crippen molar-refractivity contribution in [3.63, 3.8) is 0 Å². The highest BCUT2D eigenvalue weighted by Crippen LogP contribution is 2.50. The summed E-state index contributed by atoms with van der Waals surface area (Å²) in [6, 6.07) is 27.3. The van der Waals surface area contributed by atoms with Gasteiger partial charge in [0.25, 0.3) is 0 Å². The summed E-state index contributed by atoms with van der Waals surface area (Å²) in [5, 5.41) is 2.37. The molecule has 136 valence electrons. The van der Waals surface area contributed by atoms with Crippen molar-refractivity contribution in [2.24, 2.45) is 0 Å². The molecule has 6 rings (SSSR count). The van der Waals surface area contributed by atoms with Gasteiger partial charge < -0.3 is 0 Å². The summed E-state index contributed by atoms with van der Waals surface area (Å²) in [6.45, 7) is 0. The summed E-state index contributed by atoms with van der Waals surface area (Å²) in [5.41, 5.74) is 6.46. The van der Waals surface area contributed by atoms with Gasteiger partial charge in [0.05, 0.1) is 23.3 Å². The van der Waals surface area contributed by atoms with Crippen LogP contribution < -0.4 is 4.90 Å². The Morgan fingerprint density at radius 2 is 1.59 bits per heavy atom. The topological polar surface area (TPSA) is 41.9 Å². The predicted molar refractivity (Wildman–Crippen MR) is 116 cm³/mol. The zero-order valence-corrected chi connectivity index (χ0v) is 15.5. The van der Waals surface area contributed by atoms with Crippen molar-refractivity contribution in [1.29, 1.82) is 0 Å². The minimum atomic E-state index is 0.855. The van der Waals surface area contributed by atoms with E-state index >= 15 is 0 Å². The number of hydrogen-bond acceptors (Lipinski definition) is 4. The van der Waals surface area contributed by atoms with Crippen molar-refractivity contribution >= 4 is 28.0 Å². The molecule has 0 saturated carbocycles. The van der Waals surface area contributed by atoms with Gasteiger partial charge in [-0.1, -0.05) is 48.5 Å². The van der Waals surface area contributed by atoms with Gasteiger partial charge in [-0.05, 0) is 46.8 Å². The van der Waals surface area contributed by atoms with Crippen LogP contribution in [0.25, 0.3) is 33.2 Å². The molecule has 4 heteroatoms. The average molecular weight is 372 g/mol. The summed E-state index contributed by atoms with van der Waals surface area (Å²) in [7, 11) is 0. The minimum Gasteiger partial charge on any atom is -0.291 e. The molecule has 0 fully saturated rings. The van der Waals surface area contributed by atoms with Crippen molar-refractivity contribution in [1.82, 2.24) is 15.0 Å². The molecule has 29 heavy (non-hydrogen) atoms. The number of benzene rings is 3. The lowest BCUT2D eigenvalue weighted by Gasteiger charge is -2.31. The summed E-state index contributed by atoms with van der Waals surface area (Å²) >= 11 is 0. The fraction of sp³-hybridized carbons (Fsp3) is 0. The normalized spacial score (nSPS) is 12.1. The molecule has 3 aromatic carbocycles. The molecule has 0 bridgehead atoms. The highest BCUT2D eigenvalue weighted by atomic mass is 15.2. The quantitative estimate of drug-likeness (QED) is 0.366. The van der Waals surface area contributed by atoms with E-state index in [1.54, 1.807) is 6.33 Å². The van der Waals surface area contributed by atoms with Gasteiger partial charge in [-0.25, -0.2) is 15.0 Å². The fourth-order valence-electron chi connectivity index (χ4n) is 4.13. The van der Waals surface area contributed by atoms with E-state index in [0.717, 1.165) is 28.5 Å². The Hall–Kier alpha value is -4.05. The Balaban J connectivity index is 1.71. The van der Waals surface area contributed by atoms with E-state index in [0.29, 0.717) is 0 Å². The van der Waals surface area contributed by atoms with Crippen molar-refractivity contribution in [3.05, 3.63) is 97.6 Å². The van der Waals surface area contributed by atoms with Gasteiger partial charge in [0.2, 0.25) is 0 Å². The predicted octanol–water partition coefficient (Wildman–Crippen LogP) is 6.14. The van der Waals surface area contributed by atoms with Crippen molar-refractivity contribution < 1.29 is 0 Å². The van der Waals surface area contributed by atoms with E-state index in [2.05, 4.69) is 74.4 Å². The molecule has 1 aliphatic rings. The van der Waals surface area contributed by atoms with Crippen LogP contribution in [0.3, 0.4) is 0 Å². The first-order valence-corrected chi connectivity index (χ1v) is 9.54. The van der Waals surface area contributed by atoms with Gasteiger partial charge in [0, 0.05) is 17.1 Å². The third kappa shape index (κ3) is 2.43. The van der Waals surface area contributed by atoms with E-state index in [-0.39, 0.29) is 0 Å². The molecule has 0 atom stereocenters. The Morgan fingerprint density at radius 1 is 0.690 bits per heavy atom. The van der Waals surface area contributed by atoms with Gasteiger partial charge in [0.1, 0.15) is 12.1 Å². The molecule has 0 spiro atoms. The maximum atomic E-state index is 4.67. The number of hydrogen-bond donors (Lipinski definition) is 0. The number of rotatable bonds is 2. The monoisotopic (exact) mass is 372 g/mol. The molecule has 0 radical (unpaired) electrons. The number of anilines is 3. The standard InChI is InChI=1S/C25H16N4/c1-2-7-17(8-3-1)19-13-18-9-6-10-21-24(18)20(14-19)25-22(15-26-16-28-25)29(21)23-11-4-5-12-27-23/h1-16H. The lowest BCUT2D eigenvalue weighted by molar-refractivity contribution is 1.11. The molecule has 4 nitrogen and oxygen atoms in total. The van der Waals surface area contributed by atoms with E-state index in [1.807, 2.05) is 36.7 Å². The molecule has 0 saturated heterocycles. The van der Waals surface area contributed by atoms with Crippen LogP contribution in [0.2, 0.25) is 0 Å². The Kier molecular flexibility index (Phi) is 3.43. The van der Waals surface area contributed by atoms with Crippen LogP contribution in [0.4, 0.5) is 17.2 Å². The number of nitrogens with zero attached hydrogens (tertiary/aromatic N) is 4. The van der Waals surface area contributed by atoms with Crippen LogP contribution in [0, 0.1) is 0 Å². The number of fused-ring (bicyclic) bond motifs is 2. The van der Waals surface area contributed by atoms with Crippen molar-refractivity contribution in [2.45, 2.75) is 0 Å². The molecule has 1 aliphatic heterocycles. The van der Waals surface area contributed by atoms with Crippen LogP contribution in [-0.4, -0.2) is 15.0 Å². The van der Waals surface area contributed by atoms with Gasteiger partial charge in [-0.2, -0.15) is 0 Å². The van der Waals surface area contributed by atoms with Crippen LogP contribution >= 0.6 is 0 Å². The fourth-order valence-corrected chi connectivity index (χ4v) is 4.13. The summed E-state index contributed by atoms with van der Waals surface area (Å²) < 4.78 is 0. The largest absolute Gasteiger partial charge is 0.291 e. The molecule has 0 amide bonds. The van der Waals surface area contributed by atoms with E-state index in [9.17, 15) is 0 Å². The SMILES string of the molecule is c1ccc(-c2cc3c4c(cccc4c2)N(c2ccccn2)c2cncnc2-3)cc1. The Morgan fingerprint density at radius 3 is 2.45 bits per heavy atom. The maximum Gasteiger partial charge on any atom is 0.137 e. The van der Waals surface area contributed by atoms with Crippen molar-refractivity contribution in [2.75, 3.05) is 4.90 Å². The molecule has 0 aliphatic carbocycles. The molecule has 3 heterocycles. The second-order valence-electron chi connectivity index (χ2n) is 7.05. The Labute approximate surface area is 168 Å². The zero-order chi connectivity index (χ0) is 19.2. The molecule has 2 aromatic heterocycles. The van der Waals surface area contributed by atoms with Crippen LogP contribution in [0.15, 0.2) is 97.6 Å². The molecule has 0 unspecified atom stereocenters.